The summed E-state index contributed by atoms with van der Waals surface area (Å²) in [7, 11) is 0. The van der Waals surface area contributed by atoms with Crippen molar-refractivity contribution in [1.29, 1.82) is 0 Å². The van der Waals surface area contributed by atoms with Crippen molar-refractivity contribution in [2.45, 2.75) is 25.9 Å². The van der Waals surface area contributed by atoms with E-state index in [4.69, 9.17) is 0 Å². The van der Waals surface area contributed by atoms with Crippen molar-refractivity contribution in [3.63, 3.8) is 0 Å². The van der Waals surface area contributed by atoms with Crippen LogP contribution in [0.25, 0.3) is 11.1 Å². The highest BCUT2D eigenvalue weighted by molar-refractivity contribution is 5.66. The van der Waals surface area contributed by atoms with E-state index in [-0.39, 0.29) is 0 Å². The predicted octanol–water partition coefficient (Wildman–Crippen LogP) is 4.12. The maximum Gasteiger partial charge on any atom is 0.0448 e. The molecule has 2 nitrogen and oxygen atoms in total. The molecule has 1 heterocycles. The molecule has 0 aromatic heterocycles. The highest BCUT2D eigenvalue weighted by atomic mass is 15.1. The van der Waals surface area contributed by atoms with Crippen LogP contribution in [-0.2, 0) is 0 Å². The number of allylic oxidation sites excluding steroid dienone is 2. The van der Waals surface area contributed by atoms with E-state index < -0.39 is 0 Å². The quantitative estimate of drug-likeness (QED) is 0.886. The van der Waals surface area contributed by atoms with E-state index in [1.807, 2.05) is 0 Å². The lowest BCUT2D eigenvalue weighted by molar-refractivity contribution is 0.411. The van der Waals surface area contributed by atoms with Gasteiger partial charge in [-0.3, -0.25) is 0 Å². The maximum atomic E-state index is 3.64. The second-order valence-corrected chi connectivity index (χ2v) is 6.39. The lowest BCUT2D eigenvalue weighted by Gasteiger charge is -2.31. The van der Waals surface area contributed by atoms with Gasteiger partial charge in [0.25, 0.3) is 0 Å². The summed E-state index contributed by atoms with van der Waals surface area (Å²) in [5.41, 5.74) is 5.19. The zero-order chi connectivity index (χ0) is 16.8. The predicted molar refractivity (Wildman–Crippen MR) is 104 cm³/mol. The molecule has 0 spiro atoms. The fourth-order valence-electron chi connectivity index (χ4n) is 3.19. The van der Waals surface area contributed by atoms with Gasteiger partial charge in [-0.1, -0.05) is 72.8 Å². The third-order valence-corrected chi connectivity index (χ3v) is 4.59. The average molecular weight is 318 g/mol. The lowest BCUT2D eigenvalue weighted by Crippen LogP contribution is -2.54. The summed E-state index contributed by atoms with van der Waals surface area (Å²) in [6.45, 7) is 6.38. The van der Waals surface area contributed by atoms with E-state index in [2.05, 4.69) is 97.3 Å². The van der Waals surface area contributed by atoms with Gasteiger partial charge in [0.1, 0.15) is 0 Å². The summed E-state index contributed by atoms with van der Waals surface area (Å²) in [5.74, 6) is 0. The standard InChI is InChI=1S/C22H26N2/c1-17(19-9-5-3-6-10-19)15-21-22(24-14-13-23-21)16-18(2)20-11-7-4-8-12-20/h3-12,15-16,21-24H,13-14H2,1-2H3/b17-15+,18-16+/t21-,22-/m1/s1. The fourth-order valence-corrected chi connectivity index (χ4v) is 3.19. The molecule has 2 aromatic carbocycles. The Morgan fingerprint density at radius 1 is 0.708 bits per heavy atom. The second-order valence-electron chi connectivity index (χ2n) is 6.39. The minimum atomic E-state index is 0.303. The van der Waals surface area contributed by atoms with Gasteiger partial charge in [-0.2, -0.15) is 0 Å². The Bertz CT molecular complexity index is 638. The molecule has 1 aliphatic rings. The number of benzene rings is 2. The lowest BCUT2D eigenvalue weighted by atomic mass is 9.96. The van der Waals surface area contributed by atoms with Crippen molar-refractivity contribution in [3.8, 4) is 0 Å². The van der Waals surface area contributed by atoms with E-state index in [9.17, 15) is 0 Å². The molecule has 2 atom stereocenters. The van der Waals surface area contributed by atoms with Crippen LogP contribution < -0.4 is 10.6 Å². The van der Waals surface area contributed by atoms with Gasteiger partial charge >= 0.3 is 0 Å². The molecule has 1 aliphatic heterocycles. The molecule has 0 unspecified atom stereocenters. The van der Waals surface area contributed by atoms with Gasteiger partial charge in [-0.25, -0.2) is 0 Å². The molecule has 2 aromatic rings. The average Bonchev–Trinajstić information content (AvgIpc) is 2.64. The first-order valence-electron chi connectivity index (χ1n) is 8.68. The highest BCUT2D eigenvalue weighted by Gasteiger charge is 2.21. The number of hydrogen-bond acceptors (Lipinski definition) is 2. The Morgan fingerprint density at radius 3 is 1.46 bits per heavy atom. The summed E-state index contributed by atoms with van der Waals surface area (Å²) in [4.78, 5) is 0. The third kappa shape index (κ3) is 4.22. The Labute approximate surface area is 145 Å². The number of rotatable bonds is 4. The van der Waals surface area contributed by atoms with Crippen LogP contribution >= 0.6 is 0 Å². The SMILES string of the molecule is C/C(=C\[C@H]1NCCN[C@@H]1/C=C(\C)c1ccccc1)c1ccccc1. The molecule has 0 radical (unpaired) electrons. The van der Waals surface area contributed by atoms with E-state index >= 15 is 0 Å². The molecule has 0 amide bonds. The van der Waals surface area contributed by atoms with Gasteiger partial charge < -0.3 is 10.6 Å². The van der Waals surface area contributed by atoms with E-state index in [0.717, 1.165) is 13.1 Å². The van der Waals surface area contributed by atoms with Crippen molar-refractivity contribution in [3.05, 3.63) is 83.9 Å². The van der Waals surface area contributed by atoms with E-state index in [1.165, 1.54) is 22.3 Å². The van der Waals surface area contributed by atoms with Crippen LogP contribution in [0.4, 0.5) is 0 Å². The summed E-state index contributed by atoms with van der Waals surface area (Å²) in [6, 6.07) is 21.8. The second kappa shape index (κ2) is 8.09. The van der Waals surface area contributed by atoms with Crippen LogP contribution in [0.5, 0.6) is 0 Å². The minimum absolute atomic E-state index is 0.303. The van der Waals surface area contributed by atoms with Crippen LogP contribution in [0.15, 0.2) is 72.8 Å². The van der Waals surface area contributed by atoms with Crippen molar-refractivity contribution in [1.82, 2.24) is 10.6 Å². The van der Waals surface area contributed by atoms with Gasteiger partial charge in [0.05, 0.1) is 0 Å². The fraction of sp³-hybridized carbons (Fsp3) is 0.273. The summed E-state index contributed by atoms with van der Waals surface area (Å²) < 4.78 is 0. The van der Waals surface area contributed by atoms with Crippen molar-refractivity contribution in [2.24, 2.45) is 0 Å². The van der Waals surface area contributed by atoms with E-state index in [1.54, 1.807) is 0 Å². The Morgan fingerprint density at radius 2 is 1.08 bits per heavy atom. The highest BCUT2D eigenvalue weighted by Crippen LogP contribution is 2.19. The number of hydrogen-bond donors (Lipinski definition) is 2. The smallest absolute Gasteiger partial charge is 0.0448 e. The Balaban J connectivity index is 1.81. The van der Waals surface area contributed by atoms with Crippen LogP contribution in [0.1, 0.15) is 25.0 Å². The first-order valence-corrected chi connectivity index (χ1v) is 8.68. The van der Waals surface area contributed by atoms with Crippen LogP contribution in [-0.4, -0.2) is 25.2 Å². The molecule has 0 saturated carbocycles. The molecule has 3 rings (SSSR count). The number of piperazine rings is 1. The van der Waals surface area contributed by atoms with Crippen molar-refractivity contribution in [2.75, 3.05) is 13.1 Å². The molecule has 0 aliphatic carbocycles. The Kier molecular flexibility index (Phi) is 5.63. The molecule has 24 heavy (non-hydrogen) atoms. The maximum absolute atomic E-state index is 3.64. The van der Waals surface area contributed by atoms with Crippen molar-refractivity contribution < 1.29 is 0 Å². The molecule has 1 saturated heterocycles. The summed E-state index contributed by atoms with van der Waals surface area (Å²) in [6.07, 6.45) is 4.70. The van der Waals surface area contributed by atoms with Gasteiger partial charge in [-0.15, -0.1) is 0 Å². The molecule has 2 N–H and O–H groups in total. The summed E-state index contributed by atoms with van der Waals surface area (Å²) in [5, 5.41) is 7.29. The monoisotopic (exact) mass is 318 g/mol. The van der Waals surface area contributed by atoms with Gasteiger partial charge in [-0.05, 0) is 36.1 Å². The van der Waals surface area contributed by atoms with Crippen LogP contribution in [0, 0.1) is 0 Å². The largest absolute Gasteiger partial charge is 0.308 e. The first kappa shape index (κ1) is 16.7. The van der Waals surface area contributed by atoms with Gasteiger partial charge in [0.15, 0.2) is 0 Å². The molecular formula is C22H26N2. The molecule has 124 valence electrons. The van der Waals surface area contributed by atoms with Crippen molar-refractivity contribution >= 4 is 11.1 Å². The van der Waals surface area contributed by atoms with Gasteiger partial charge in [0, 0.05) is 25.2 Å². The Hall–Kier alpha value is -2.16. The molecule has 2 heteroatoms. The van der Waals surface area contributed by atoms with E-state index in [0.29, 0.717) is 12.1 Å². The zero-order valence-corrected chi connectivity index (χ0v) is 14.5. The molecule has 0 bridgehead atoms. The number of nitrogens with one attached hydrogen (secondary N) is 2. The van der Waals surface area contributed by atoms with Crippen LogP contribution in [0.2, 0.25) is 0 Å². The topological polar surface area (TPSA) is 24.1 Å². The third-order valence-electron chi connectivity index (χ3n) is 4.59. The minimum Gasteiger partial charge on any atom is -0.308 e. The molecule has 1 fully saturated rings. The zero-order valence-electron chi connectivity index (χ0n) is 14.5. The first-order chi connectivity index (χ1) is 11.7. The molecular weight excluding hydrogens is 292 g/mol. The summed E-state index contributed by atoms with van der Waals surface area (Å²) >= 11 is 0. The normalized spacial score (nSPS) is 22.4. The van der Waals surface area contributed by atoms with Gasteiger partial charge in [0.2, 0.25) is 0 Å². The van der Waals surface area contributed by atoms with Crippen LogP contribution in [0.3, 0.4) is 0 Å².